The molecule has 3 aromatic rings. The van der Waals surface area contributed by atoms with Gasteiger partial charge < -0.3 is 49.0 Å². The number of carboxylic acids is 1. The predicted molar refractivity (Wildman–Crippen MR) is 167 cm³/mol. The maximum atomic E-state index is 13.6. The molecule has 0 saturated heterocycles. The van der Waals surface area contributed by atoms with E-state index in [9.17, 15) is 29.1 Å². The Balaban J connectivity index is 1.81. The molecule has 0 spiro atoms. The van der Waals surface area contributed by atoms with Gasteiger partial charge in [0.2, 0.25) is 23.6 Å². The number of carbonyl (C=O) groups is 5. The van der Waals surface area contributed by atoms with Gasteiger partial charge in [-0.1, -0.05) is 48.5 Å². The molecule has 13 N–H and O–H groups in total. The van der Waals surface area contributed by atoms with E-state index in [1.165, 1.54) is 0 Å². The largest absolute Gasteiger partial charge is 0.480 e. The van der Waals surface area contributed by atoms with Crippen molar-refractivity contribution in [2.45, 2.75) is 56.3 Å². The molecule has 1 heterocycles. The minimum Gasteiger partial charge on any atom is -0.480 e. The van der Waals surface area contributed by atoms with Gasteiger partial charge in [-0.15, -0.1) is 0 Å². The normalized spacial score (nSPS) is 13.5. The predicted octanol–water partition coefficient (Wildman–Crippen LogP) is -1.25. The van der Waals surface area contributed by atoms with Gasteiger partial charge in [-0.05, 0) is 30.0 Å². The number of nitrogens with zero attached hydrogens (tertiary/aromatic N) is 1. The number of nitrogens with one attached hydrogen (secondary N) is 4. The average molecular weight is 622 g/mol. The highest BCUT2D eigenvalue weighted by Gasteiger charge is 2.32. The summed E-state index contributed by atoms with van der Waals surface area (Å²) in [7, 11) is 0. The third-order valence-corrected chi connectivity index (χ3v) is 6.97. The number of aliphatic imine (C=N–C) groups is 1. The molecule has 4 atom stereocenters. The van der Waals surface area contributed by atoms with Crippen molar-refractivity contribution in [2.24, 2.45) is 27.9 Å². The van der Waals surface area contributed by atoms with Crippen LogP contribution in [0.25, 0.3) is 10.9 Å². The van der Waals surface area contributed by atoms with E-state index >= 15 is 0 Å². The Labute approximate surface area is 259 Å². The van der Waals surface area contributed by atoms with Crippen LogP contribution in [-0.4, -0.2) is 76.4 Å². The number of nitrogens with two attached hydrogens (primary N) is 4. The number of amides is 4. The number of hydrogen-bond donors (Lipinski definition) is 9. The monoisotopic (exact) mass is 621 g/mol. The van der Waals surface area contributed by atoms with Crippen molar-refractivity contribution >= 4 is 46.5 Å². The number of benzene rings is 2. The van der Waals surface area contributed by atoms with Crippen LogP contribution in [0.4, 0.5) is 0 Å². The lowest BCUT2D eigenvalue weighted by atomic mass is 10.0. The number of guanidine groups is 1. The molecule has 0 radical (unpaired) electrons. The van der Waals surface area contributed by atoms with Crippen molar-refractivity contribution in [1.29, 1.82) is 0 Å². The first kappa shape index (κ1) is 34.1. The molecule has 240 valence electrons. The van der Waals surface area contributed by atoms with E-state index in [0.29, 0.717) is 17.5 Å². The molecule has 0 saturated carbocycles. The second-order valence-electron chi connectivity index (χ2n) is 10.5. The molecule has 4 unspecified atom stereocenters. The Kier molecular flexibility index (Phi) is 12.4. The van der Waals surface area contributed by atoms with Gasteiger partial charge in [0, 0.05) is 36.5 Å². The summed E-state index contributed by atoms with van der Waals surface area (Å²) < 4.78 is 0. The van der Waals surface area contributed by atoms with E-state index < -0.39 is 60.2 Å². The number of aromatic nitrogens is 1. The summed E-state index contributed by atoms with van der Waals surface area (Å²) in [6.07, 6.45) is 1.61. The fourth-order valence-corrected chi connectivity index (χ4v) is 4.66. The summed E-state index contributed by atoms with van der Waals surface area (Å²) in [5, 5.41) is 18.2. The van der Waals surface area contributed by atoms with Crippen molar-refractivity contribution in [2.75, 3.05) is 6.54 Å². The molecule has 15 heteroatoms. The molecule has 0 aliphatic rings. The van der Waals surface area contributed by atoms with Crippen LogP contribution in [0, 0.1) is 0 Å². The van der Waals surface area contributed by atoms with Crippen LogP contribution in [0.15, 0.2) is 65.8 Å². The van der Waals surface area contributed by atoms with E-state index in [1.807, 2.05) is 24.3 Å². The fourth-order valence-electron chi connectivity index (χ4n) is 4.66. The van der Waals surface area contributed by atoms with Gasteiger partial charge in [0.15, 0.2) is 5.96 Å². The summed E-state index contributed by atoms with van der Waals surface area (Å²) >= 11 is 0. The lowest BCUT2D eigenvalue weighted by Gasteiger charge is -2.25. The highest BCUT2D eigenvalue weighted by Crippen LogP contribution is 2.19. The molecule has 0 aliphatic carbocycles. The summed E-state index contributed by atoms with van der Waals surface area (Å²) in [5.74, 6) is -4.65. The molecule has 15 nitrogen and oxygen atoms in total. The van der Waals surface area contributed by atoms with Crippen molar-refractivity contribution in [3.63, 3.8) is 0 Å². The number of aliphatic carboxylic acids is 1. The molecular weight excluding hydrogens is 582 g/mol. The van der Waals surface area contributed by atoms with Crippen LogP contribution < -0.4 is 38.9 Å². The third kappa shape index (κ3) is 10.7. The molecule has 2 aromatic carbocycles. The molecule has 4 amide bonds. The SMILES string of the molecule is NC(=O)CC(NC(=O)C(N)CCCN=C(N)N)C(=O)NC(Cc1c[nH]c2ccccc12)C(=O)NC(Cc1ccccc1)C(=O)O. The smallest absolute Gasteiger partial charge is 0.326 e. The number of aromatic amines is 1. The van der Waals surface area contributed by atoms with Crippen molar-refractivity contribution in [3.05, 3.63) is 71.9 Å². The van der Waals surface area contributed by atoms with E-state index in [-0.39, 0.29) is 31.8 Å². The highest BCUT2D eigenvalue weighted by atomic mass is 16.4. The zero-order valence-corrected chi connectivity index (χ0v) is 24.6. The first-order valence-corrected chi connectivity index (χ1v) is 14.3. The summed E-state index contributed by atoms with van der Waals surface area (Å²) in [5.41, 5.74) is 24.0. The van der Waals surface area contributed by atoms with Gasteiger partial charge >= 0.3 is 5.97 Å². The van der Waals surface area contributed by atoms with Crippen LogP contribution in [-0.2, 0) is 36.8 Å². The van der Waals surface area contributed by atoms with Crippen LogP contribution in [0.1, 0.15) is 30.4 Å². The minimum atomic E-state index is -1.46. The Morgan fingerprint density at radius 2 is 1.42 bits per heavy atom. The van der Waals surface area contributed by atoms with Gasteiger partial charge in [0.05, 0.1) is 12.5 Å². The van der Waals surface area contributed by atoms with Crippen LogP contribution in [0.3, 0.4) is 0 Å². The Morgan fingerprint density at radius 1 is 0.800 bits per heavy atom. The van der Waals surface area contributed by atoms with Gasteiger partial charge in [0.25, 0.3) is 0 Å². The summed E-state index contributed by atoms with van der Waals surface area (Å²) in [6.45, 7) is 0.237. The number of fused-ring (bicyclic) bond motifs is 1. The number of hydrogen-bond acceptors (Lipinski definition) is 7. The van der Waals surface area contributed by atoms with Gasteiger partial charge in [-0.3, -0.25) is 24.2 Å². The van der Waals surface area contributed by atoms with E-state index in [4.69, 9.17) is 22.9 Å². The number of para-hydroxylation sites is 1. The van der Waals surface area contributed by atoms with Crippen LogP contribution >= 0.6 is 0 Å². The van der Waals surface area contributed by atoms with E-state index in [2.05, 4.69) is 25.9 Å². The molecule has 1 aromatic heterocycles. The van der Waals surface area contributed by atoms with E-state index in [1.54, 1.807) is 36.5 Å². The van der Waals surface area contributed by atoms with Gasteiger partial charge in [-0.25, -0.2) is 4.79 Å². The summed E-state index contributed by atoms with van der Waals surface area (Å²) in [6, 6.07) is 10.9. The highest BCUT2D eigenvalue weighted by molar-refractivity contribution is 5.96. The fraction of sp³-hybridized carbons (Fsp3) is 0.333. The number of H-pyrrole nitrogens is 1. The second kappa shape index (κ2) is 16.4. The third-order valence-electron chi connectivity index (χ3n) is 6.97. The molecule has 0 bridgehead atoms. The number of carbonyl (C=O) groups excluding carboxylic acids is 4. The zero-order valence-electron chi connectivity index (χ0n) is 24.6. The lowest BCUT2D eigenvalue weighted by molar-refractivity contribution is -0.142. The molecule has 3 rings (SSSR count). The summed E-state index contributed by atoms with van der Waals surface area (Å²) in [4.78, 5) is 70.7. The van der Waals surface area contributed by atoms with Crippen molar-refractivity contribution in [1.82, 2.24) is 20.9 Å². The van der Waals surface area contributed by atoms with Crippen LogP contribution in [0.2, 0.25) is 0 Å². The Bertz CT molecular complexity index is 1520. The maximum absolute atomic E-state index is 13.6. The number of rotatable bonds is 17. The second-order valence-corrected chi connectivity index (χ2v) is 10.5. The first-order chi connectivity index (χ1) is 21.4. The average Bonchev–Trinajstić information content (AvgIpc) is 3.40. The quantitative estimate of drug-likeness (QED) is 0.0494. The van der Waals surface area contributed by atoms with Crippen LogP contribution in [0.5, 0.6) is 0 Å². The molecule has 0 aliphatic heterocycles. The van der Waals surface area contributed by atoms with Crippen molar-refractivity contribution < 1.29 is 29.1 Å². The standard InChI is InChI=1S/C30H39N9O6/c31-20(10-6-12-35-30(33)34)26(41)37-23(15-25(32)40)28(43)38-22(14-18-16-36-21-11-5-4-9-19(18)21)27(42)39-24(29(44)45)13-17-7-2-1-3-8-17/h1-5,7-9,11,16,20,22-24,36H,6,10,12-15,31H2,(H2,32,40)(H,37,41)(H,38,43)(H,39,42)(H,44,45)(H4,33,34,35). The maximum Gasteiger partial charge on any atom is 0.326 e. The molecule has 45 heavy (non-hydrogen) atoms. The molecular formula is C30H39N9O6. The van der Waals surface area contributed by atoms with E-state index in [0.717, 1.165) is 10.9 Å². The Morgan fingerprint density at radius 3 is 2.09 bits per heavy atom. The topological polar surface area (TPSA) is 274 Å². The molecule has 0 fully saturated rings. The number of carboxylic acid groups (broad SMARTS) is 1. The minimum absolute atomic E-state index is 0.00288. The lowest BCUT2D eigenvalue weighted by Crippen LogP contribution is -2.58. The number of primary amides is 1. The zero-order chi connectivity index (χ0) is 32.9. The Hall–Kier alpha value is -5.44. The first-order valence-electron chi connectivity index (χ1n) is 14.3. The van der Waals surface area contributed by atoms with Gasteiger partial charge in [-0.2, -0.15) is 0 Å². The van der Waals surface area contributed by atoms with Gasteiger partial charge in [0.1, 0.15) is 18.1 Å². The van der Waals surface area contributed by atoms with Crippen molar-refractivity contribution in [3.8, 4) is 0 Å².